The molecular formula is C15H19NO3. The van der Waals surface area contributed by atoms with Crippen LogP contribution in [0.3, 0.4) is 0 Å². The predicted molar refractivity (Wildman–Crippen MR) is 73.1 cm³/mol. The molecule has 0 saturated carbocycles. The SMILES string of the molecule is C#CCC(CC)NCC(O)c1ccc2c(c1)OCO2. The van der Waals surface area contributed by atoms with Crippen molar-refractivity contribution >= 4 is 0 Å². The standard InChI is InChI=1S/C15H19NO3/c1-3-5-12(4-2)16-9-13(17)11-6-7-14-15(8-11)19-10-18-14/h1,6-8,12-13,16-17H,4-5,9-10H2,2H3. The monoisotopic (exact) mass is 261 g/mol. The van der Waals surface area contributed by atoms with Gasteiger partial charge in [0.15, 0.2) is 11.5 Å². The molecule has 1 aliphatic heterocycles. The summed E-state index contributed by atoms with van der Waals surface area (Å²) in [7, 11) is 0. The molecule has 0 spiro atoms. The van der Waals surface area contributed by atoms with E-state index in [1.165, 1.54) is 0 Å². The summed E-state index contributed by atoms with van der Waals surface area (Å²) >= 11 is 0. The van der Waals surface area contributed by atoms with Gasteiger partial charge in [0.2, 0.25) is 6.79 Å². The highest BCUT2D eigenvalue weighted by Gasteiger charge is 2.17. The van der Waals surface area contributed by atoms with E-state index in [0.29, 0.717) is 18.7 Å². The summed E-state index contributed by atoms with van der Waals surface area (Å²) in [5.74, 6) is 4.05. The van der Waals surface area contributed by atoms with Crippen LogP contribution in [-0.2, 0) is 0 Å². The number of ether oxygens (including phenoxy) is 2. The molecule has 0 aliphatic carbocycles. The summed E-state index contributed by atoms with van der Waals surface area (Å²) in [5.41, 5.74) is 0.812. The van der Waals surface area contributed by atoms with Gasteiger partial charge in [0.05, 0.1) is 6.10 Å². The van der Waals surface area contributed by atoms with Gasteiger partial charge in [0.25, 0.3) is 0 Å². The van der Waals surface area contributed by atoms with Crippen molar-refractivity contribution in [1.82, 2.24) is 5.32 Å². The lowest BCUT2D eigenvalue weighted by Crippen LogP contribution is -2.32. The summed E-state index contributed by atoms with van der Waals surface area (Å²) < 4.78 is 10.5. The van der Waals surface area contributed by atoms with Gasteiger partial charge in [0.1, 0.15) is 0 Å². The Morgan fingerprint density at radius 1 is 1.42 bits per heavy atom. The first-order valence-electron chi connectivity index (χ1n) is 6.49. The molecule has 0 amide bonds. The minimum absolute atomic E-state index is 0.243. The largest absolute Gasteiger partial charge is 0.454 e. The van der Waals surface area contributed by atoms with Gasteiger partial charge in [-0.1, -0.05) is 13.0 Å². The van der Waals surface area contributed by atoms with Crippen LogP contribution in [0.15, 0.2) is 18.2 Å². The summed E-state index contributed by atoms with van der Waals surface area (Å²) in [6, 6.07) is 5.73. The Hall–Kier alpha value is -1.70. The molecule has 4 nitrogen and oxygen atoms in total. The molecule has 4 heteroatoms. The van der Waals surface area contributed by atoms with Crippen LogP contribution in [0, 0.1) is 12.3 Å². The first-order chi connectivity index (χ1) is 9.24. The van der Waals surface area contributed by atoms with E-state index in [1.54, 1.807) is 0 Å². The molecule has 0 fully saturated rings. The summed E-state index contributed by atoms with van der Waals surface area (Å²) in [6.45, 7) is 2.79. The van der Waals surface area contributed by atoms with Crippen LogP contribution < -0.4 is 14.8 Å². The van der Waals surface area contributed by atoms with E-state index in [-0.39, 0.29) is 12.8 Å². The number of nitrogens with one attached hydrogen (secondary N) is 1. The van der Waals surface area contributed by atoms with E-state index in [0.717, 1.165) is 17.7 Å². The normalized spacial score (nSPS) is 15.8. The van der Waals surface area contributed by atoms with Crippen molar-refractivity contribution in [3.8, 4) is 23.8 Å². The number of rotatable bonds is 6. The van der Waals surface area contributed by atoms with Gasteiger partial charge >= 0.3 is 0 Å². The highest BCUT2D eigenvalue weighted by Crippen LogP contribution is 2.34. The number of aliphatic hydroxyl groups excluding tert-OH is 1. The molecule has 1 heterocycles. The Balaban J connectivity index is 1.93. The van der Waals surface area contributed by atoms with Crippen molar-refractivity contribution in [3.63, 3.8) is 0 Å². The Morgan fingerprint density at radius 3 is 2.95 bits per heavy atom. The van der Waals surface area contributed by atoms with Gasteiger partial charge in [-0.15, -0.1) is 12.3 Å². The van der Waals surface area contributed by atoms with Crippen molar-refractivity contribution < 1.29 is 14.6 Å². The van der Waals surface area contributed by atoms with E-state index in [9.17, 15) is 5.11 Å². The van der Waals surface area contributed by atoms with Crippen LogP contribution in [0.1, 0.15) is 31.4 Å². The second-order valence-electron chi connectivity index (χ2n) is 4.55. The zero-order valence-electron chi connectivity index (χ0n) is 11.1. The third-order valence-corrected chi connectivity index (χ3v) is 3.24. The number of terminal acetylenes is 1. The third kappa shape index (κ3) is 3.40. The summed E-state index contributed by atoms with van der Waals surface area (Å²) in [5, 5.41) is 13.4. The second kappa shape index (κ2) is 6.46. The van der Waals surface area contributed by atoms with Crippen LogP contribution in [0.2, 0.25) is 0 Å². The molecule has 1 aromatic carbocycles. The summed E-state index contributed by atoms with van der Waals surface area (Å²) in [6.07, 6.45) is 6.33. The highest BCUT2D eigenvalue weighted by atomic mass is 16.7. The second-order valence-corrected chi connectivity index (χ2v) is 4.55. The van der Waals surface area contributed by atoms with E-state index in [2.05, 4.69) is 18.2 Å². The van der Waals surface area contributed by atoms with Crippen LogP contribution in [-0.4, -0.2) is 24.5 Å². The van der Waals surface area contributed by atoms with E-state index in [1.807, 2.05) is 18.2 Å². The maximum Gasteiger partial charge on any atom is 0.231 e. The molecular weight excluding hydrogens is 242 g/mol. The summed E-state index contributed by atoms with van der Waals surface area (Å²) in [4.78, 5) is 0. The maximum absolute atomic E-state index is 10.2. The van der Waals surface area contributed by atoms with Gasteiger partial charge in [-0.2, -0.15) is 0 Å². The molecule has 1 aliphatic rings. The van der Waals surface area contributed by atoms with E-state index < -0.39 is 6.10 Å². The number of benzene rings is 1. The average Bonchev–Trinajstić information content (AvgIpc) is 2.90. The fraction of sp³-hybridized carbons (Fsp3) is 0.467. The Labute approximate surface area is 113 Å². The molecule has 2 N–H and O–H groups in total. The van der Waals surface area contributed by atoms with Crippen LogP contribution in [0.25, 0.3) is 0 Å². The maximum atomic E-state index is 10.2. The van der Waals surface area contributed by atoms with Gasteiger partial charge in [0, 0.05) is 19.0 Å². The van der Waals surface area contributed by atoms with Crippen molar-refractivity contribution in [2.24, 2.45) is 0 Å². The lowest BCUT2D eigenvalue weighted by atomic mass is 10.1. The molecule has 2 unspecified atom stereocenters. The zero-order valence-corrected chi connectivity index (χ0v) is 11.1. The Bertz CT molecular complexity index is 467. The van der Waals surface area contributed by atoms with Gasteiger partial charge in [-0.25, -0.2) is 0 Å². The molecule has 0 saturated heterocycles. The Kier molecular flexibility index (Phi) is 4.67. The quantitative estimate of drug-likeness (QED) is 0.767. The molecule has 102 valence electrons. The lowest BCUT2D eigenvalue weighted by molar-refractivity contribution is 0.167. The van der Waals surface area contributed by atoms with Crippen LogP contribution in [0.5, 0.6) is 11.5 Å². The molecule has 1 aromatic rings. The topological polar surface area (TPSA) is 50.7 Å². The Morgan fingerprint density at radius 2 is 2.21 bits per heavy atom. The first kappa shape index (κ1) is 13.7. The number of fused-ring (bicyclic) bond motifs is 1. The molecule has 2 atom stereocenters. The van der Waals surface area contributed by atoms with Gasteiger partial charge in [-0.3, -0.25) is 0 Å². The third-order valence-electron chi connectivity index (χ3n) is 3.24. The number of hydrogen-bond donors (Lipinski definition) is 2. The van der Waals surface area contributed by atoms with E-state index >= 15 is 0 Å². The molecule has 0 bridgehead atoms. The van der Waals surface area contributed by atoms with E-state index in [4.69, 9.17) is 15.9 Å². The predicted octanol–water partition coefficient (Wildman–Crippen LogP) is 1.84. The molecule has 0 radical (unpaired) electrons. The van der Waals surface area contributed by atoms with Crippen molar-refractivity contribution in [1.29, 1.82) is 0 Å². The molecule has 2 rings (SSSR count). The fourth-order valence-electron chi connectivity index (χ4n) is 2.02. The zero-order chi connectivity index (χ0) is 13.7. The average molecular weight is 261 g/mol. The molecule has 0 aromatic heterocycles. The highest BCUT2D eigenvalue weighted by molar-refractivity contribution is 5.45. The first-order valence-corrected chi connectivity index (χ1v) is 6.49. The van der Waals surface area contributed by atoms with Gasteiger partial charge < -0.3 is 19.9 Å². The smallest absolute Gasteiger partial charge is 0.231 e. The van der Waals surface area contributed by atoms with Crippen LogP contribution in [0.4, 0.5) is 0 Å². The number of hydrogen-bond acceptors (Lipinski definition) is 4. The lowest BCUT2D eigenvalue weighted by Gasteiger charge is -2.18. The fourth-order valence-corrected chi connectivity index (χ4v) is 2.02. The van der Waals surface area contributed by atoms with Crippen LogP contribution >= 0.6 is 0 Å². The number of aliphatic hydroxyl groups is 1. The van der Waals surface area contributed by atoms with Crippen molar-refractivity contribution in [2.75, 3.05) is 13.3 Å². The van der Waals surface area contributed by atoms with Gasteiger partial charge in [-0.05, 0) is 24.1 Å². The van der Waals surface area contributed by atoms with Crippen molar-refractivity contribution in [3.05, 3.63) is 23.8 Å². The minimum atomic E-state index is -0.582. The molecule has 19 heavy (non-hydrogen) atoms. The minimum Gasteiger partial charge on any atom is -0.454 e. The van der Waals surface area contributed by atoms with Crippen molar-refractivity contribution in [2.45, 2.75) is 31.9 Å².